The molecule has 0 unspecified atom stereocenters. The second kappa shape index (κ2) is 10.7. The van der Waals surface area contributed by atoms with Gasteiger partial charge < -0.3 is 20.2 Å². The first-order valence-corrected chi connectivity index (χ1v) is 10.9. The molecule has 0 saturated carbocycles. The molecule has 4 N–H and O–H groups in total. The molecule has 4 heterocycles. The van der Waals surface area contributed by atoms with Gasteiger partial charge in [0.15, 0.2) is 5.69 Å². The number of rotatable bonds is 8. The topological polar surface area (TPSA) is 176 Å². The third-order valence-corrected chi connectivity index (χ3v) is 5.43. The lowest BCUT2D eigenvalue weighted by atomic mass is 10.1. The Balaban J connectivity index is 1.31. The molecule has 0 amide bonds. The highest BCUT2D eigenvalue weighted by Crippen LogP contribution is 2.24. The Morgan fingerprint density at radius 3 is 2.77 bits per heavy atom. The average molecular weight is 482 g/mol. The van der Waals surface area contributed by atoms with Gasteiger partial charge in [0.25, 0.3) is 0 Å². The van der Waals surface area contributed by atoms with Gasteiger partial charge in [-0.2, -0.15) is 20.1 Å². The number of aryl methyl sites for hydroxylation is 1. The fraction of sp³-hybridized carbons (Fsp3) is 0.381. The van der Waals surface area contributed by atoms with Gasteiger partial charge >= 0.3 is 5.97 Å². The molecule has 3 aromatic heterocycles. The highest BCUT2D eigenvalue weighted by Gasteiger charge is 2.25. The standard InChI is InChI=1S/C21H27N11O3/c1-14-9-18(20(33)34-2)28-21(27-14)30-7-5-16(6-8-30)32-26-10-15(29-32)12-35-17-3-4-19(24-11-17)31(23)13-25-22/h3-4,9-11,13,16H,5-8,12,22-23H2,1-2H3/b25-13-. The predicted molar refractivity (Wildman–Crippen MR) is 127 cm³/mol. The van der Waals surface area contributed by atoms with Crippen molar-refractivity contribution >= 4 is 24.1 Å². The second-order valence-corrected chi connectivity index (χ2v) is 7.87. The van der Waals surface area contributed by atoms with Crippen LogP contribution >= 0.6 is 0 Å². The zero-order chi connectivity index (χ0) is 24.8. The summed E-state index contributed by atoms with van der Waals surface area (Å²) in [6.45, 7) is 3.51. The summed E-state index contributed by atoms with van der Waals surface area (Å²) >= 11 is 0. The molecule has 1 saturated heterocycles. The van der Waals surface area contributed by atoms with E-state index in [-0.39, 0.29) is 18.3 Å². The Hall–Kier alpha value is -4.33. The van der Waals surface area contributed by atoms with E-state index in [9.17, 15) is 4.79 Å². The number of hydrogen-bond donors (Lipinski definition) is 2. The number of carbonyl (C=O) groups is 1. The summed E-state index contributed by atoms with van der Waals surface area (Å²) in [5.74, 6) is 11.9. The quantitative estimate of drug-likeness (QED) is 0.150. The molecule has 184 valence electrons. The summed E-state index contributed by atoms with van der Waals surface area (Å²) in [6.07, 6.45) is 6.12. The van der Waals surface area contributed by atoms with Crippen molar-refractivity contribution in [1.82, 2.24) is 29.9 Å². The number of methoxy groups -OCH3 is 1. The molecule has 0 radical (unpaired) electrons. The van der Waals surface area contributed by atoms with Gasteiger partial charge in [-0.3, -0.25) is 0 Å². The molecule has 1 fully saturated rings. The fourth-order valence-corrected chi connectivity index (χ4v) is 3.65. The van der Waals surface area contributed by atoms with Crippen LogP contribution in [0.5, 0.6) is 5.75 Å². The lowest BCUT2D eigenvalue weighted by Crippen LogP contribution is -2.36. The highest BCUT2D eigenvalue weighted by atomic mass is 16.5. The van der Waals surface area contributed by atoms with E-state index in [1.165, 1.54) is 18.5 Å². The normalized spacial score (nSPS) is 14.3. The first-order chi connectivity index (χ1) is 17.0. The molecular weight excluding hydrogens is 454 g/mol. The van der Waals surface area contributed by atoms with Gasteiger partial charge in [-0.15, -0.1) is 0 Å². The number of hydrazine groups is 1. The molecule has 4 rings (SSSR count). The number of piperidine rings is 1. The molecule has 1 aliphatic rings. The van der Waals surface area contributed by atoms with Crippen LogP contribution in [0.15, 0.2) is 35.7 Å². The number of nitrogens with two attached hydrogens (primary N) is 2. The summed E-state index contributed by atoms with van der Waals surface area (Å²) in [6, 6.07) is 5.19. The minimum Gasteiger partial charge on any atom is -0.486 e. The van der Waals surface area contributed by atoms with Crippen LogP contribution in [0.4, 0.5) is 11.8 Å². The number of aromatic nitrogens is 6. The van der Waals surface area contributed by atoms with Crippen LogP contribution in [0.2, 0.25) is 0 Å². The number of carbonyl (C=O) groups excluding carboxylic acids is 1. The number of hydrazone groups is 1. The van der Waals surface area contributed by atoms with Crippen molar-refractivity contribution in [2.75, 3.05) is 30.1 Å². The van der Waals surface area contributed by atoms with Crippen molar-refractivity contribution in [2.24, 2.45) is 16.8 Å². The van der Waals surface area contributed by atoms with Crippen LogP contribution in [0.3, 0.4) is 0 Å². The number of pyridine rings is 1. The average Bonchev–Trinajstić information content (AvgIpc) is 3.36. The van der Waals surface area contributed by atoms with Crippen LogP contribution in [-0.4, -0.2) is 62.5 Å². The number of hydrogen-bond acceptors (Lipinski definition) is 12. The van der Waals surface area contributed by atoms with Gasteiger partial charge in [-0.1, -0.05) is 0 Å². The Labute approximate surface area is 201 Å². The van der Waals surface area contributed by atoms with Crippen molar-refractivity contribution in [3.8, 4) is 5.75 Å². The van der Waals surface area contributed by atoms with E-state index in [2.05, 4.69) is 35.2 Å². The molecular formula is C21H27N11O3. The molecule has 0 bridgehead atoms. The van der Waals surface area contributed by atoms with Crippen molar-refractivity contribution < 1.29 is 14.3 Å². The van der Waals surface area contributed by atoms with E-state index >= 15 is 0 Å². The molecule has 0 aromatic carbocycles. The van der Waals surface area contributed by atoms with Gasteiger partial charge in [-0.25, -0.2) is 30.6 Å². The largest absolute Gasteiger partial charge is 0.486 e. The van der Waals surface area contributed by atoms with E-state index in [0.717, 1.165) is 12.8 Å². The van der Waals surface area contributed by atoms with E-state index in [4.69, 9.17) is 21.2 Å². The second-order valence-electron chi connectivity index (χ2n) is 7.87. The smallest absolute Gasteiger partial charge is 0.356 e. The fourth-order valence-electron chi connectivity index (χ4n) is 3.65. The third kappa shape index (κ3) is 5.78. The summed E-state index contributed by atoms with van der Waals surface area (Å²) in [4.78, 5) is 28.7. The van der Waals surface area contributed by atoms with Gasteiger partial charge in [0, 0.05) is 18.8 Å². The van der Waals surface area contributed by atoms with E-state index < -0.39 is 5.97 Å². The predicted octanol–water partition coefficient (Wildman–Crippen LogP) is 0.561. The van der Waals surface area contributed by atoms with Gasteiger partial charge in [0.2, 0.25) is 5.95 Å². The molecule has 3 aromatic rings. The maximum absolute atomic E-state index is 11.9. The van der Waals surface area contributed by atoms with Crippen LogP contribution in [-0.2, 0) is 11.3 Å². The Morgan fingerprint density at radius 2 is 2.09 bits per heavy atom. The summed E-state index contributed by atoms with van der Waals surface area (Å²) in [5, 5.41) is 13.5. The molecule has 14 heteroatoms. The zero-order valence-corrected chi connectivity index (χ0v) is 19.5. The molecule has 0 spiro atoms. The summed E-state index contributed by atoms with van der Waals surface area (Å²) in [5.41, 5.74) is 1.67. The van der Waals surface area contributed by atoms with Gasteiger partial charge in [0.05, 0.1) is 25.5 Å². The first-order valence-electron chi connectivity index (χ1n) is 10.9. The maximum Gasteiger partial charge on any atom is 0.356 e. The molecule has 0 aliphatic carbocycles. The van der Waals surface area contributed by atoms with Crippen molar-refractivity contribution in [3.63, 3.8) is 0 Å². The van der Waals surface area contributed by atoms with Crippen LogP contribution in [0.1, 0.15) is 40.8 Å². The van der Waals surface area contributed by atoms with Crippen molar-refractivity contribution in [3.05, 3.63) is 47.7 Å². The SMILES string of the molecule is COC(=O)c1cc(C)nc(N2CCC(n3ncc(COc4ccc(N(N)/C=N\N)nc4)n3)CC2)n1. The lowest BCUT2D eigenvalue weighted by molar-refractivity contribution is 0.0593. The Bertz CT molecular complexity index is 1170. The van der Waals surface area contributed by atoms with Crippen LogP contribution < -0.4 is 26.3 Å². The lowest BCUT2D eigenvalue weighted by Gasteiger charge is -2.31. The van der Waals surface area contributed by atoms with Crippen LogP contribution in [0, 0.1) is 6.92 Å². The van der Waals surface area contributed by atoms with Crippen LogP contribution in [0.25, 0.3) is 0 Å². The van der Waals surface area contributed by atoms with Gasteiger partial charge in [-0.05, 0) is 38.0 Å². The van der Waals surface area contributed by atoms with E-state index in [1.54, 1.807) is 35.4 Å². The summed E-state index contributed by atoms with van der Waals surface area (Å²) < 4.78 is 10.5. The molecule has 0 atom stereocenters. The number of anilines is 2. The highest BCUT2D eigenvalue weighted by molar-refractivity contribution is 5.87. The third-order valence-electron chi connectivity index (χ3n) is 5.43. The first kappa shape index (κ1) is 23.8. The minimum absolute atomic E-state index is 0.144. The Morgan fingerprint density at radius 1 is 1.29 bits per heavy atom. The maximum atomic E-state index is 11.9. The monoisotopic (exact) mass is 481 g/mol. The molecule has 1 aliphatic heterocycles. The number of nitrogens with zero attached hydrogens (tertiary/aromatic N) is 9. The summed E-state index contributed by atoms with van der Waals surface area (Å²) in [7, 11) is 1.34. The number of ether oxygens (including phenoxy) is 2. The molecule has 14 nitrogen and oxygen atoms in total. The van der Waals surface area contributed by atoms with Crippen molar-refractivity contribution in [2.45, 2.75) is 32.4 Å². The Kier molecular flexibility index (Phi) is 7.30. The van der Waals surface area contributed by atoms with E-state index in [1.807, 2.05) is 6.92 Å². The van der Waals surface area contributed by atoms with E-state index in [0.29, 0.717) is 42.0 Å². The zero-order valence-electron chi connectivity index (χ0n) is 19.5. The van der Waals surface area contributed by atoms with Crippen molar-refractivity contribution in [1.29, 1.82) is 0 Å². The van der Waals surface area contributed by atoms with Gasteiger partial charge in [0.1, 0.15) is 30.2 Å². The number of esters is 1. The molecule has 35 heavy (non-hydrogen) atoms. The minimum atomic E-state index is -0.476.